The molecule has 0 fully saturated rings. The van der Waals surface area contributed by atoms with E-state index in [-0.39, 0.29) is 45.0 Å². The van der Waals surface area contributed by atoms with Gasteiger partial charge < -0.3 is 25.1 Å². The van der Waals surface area contributed by atoms with Gasteiger partial charge in [-0.25, -0.2) is 0 Å². The average molecular weight is 374 g/mol. The summed E-state index contributed by atoms with van der Waals surface area (Å²) < 4.78 is 0. The van der Waals surface area contributed by atoms with Crippen LogP contribution in [0.15, 0.2) is 0 Å². The third-order valence-electron chi connectivity index (χ3n) is 4.19. The summed E-state index contributed by atoms with van der Waals surface area (Å²) in [6, 6.07) is 0. The number of carboxylic acids is 2. The fourth-order valence-electron chi connectivity index (χ4n) is 2.62. The first-order valence-electron chi connectivity index (χ1n) is 9.45. The van der Waals surface area contributed by atoms with E-state index in [0.29, 0.717) is 19.5 Å². The van der Waals surface area contributed by atoms with Crippen molar-refractivity contribution in [1.29, 1.82) is 0 Å². The summed E-state index contributed by atoms with van der Waals surface area (Å²) in [5.41, 5.74) is 0. The van der Waals surface area contributed by atoms with E-state index in [0.717, 1.165) is 32.1 Å². The quantitative estimate of drug-likeness (QED) is 0.329. The van der Waals surface area contributed by atoms with E-state index in [2.05, 4.69) is 6.92 Å². The smallest absolute Gasteiger partial charge is 0.304 e. The van der Waals surface area contributed by atoms with Crippen LogP contribution in [0, 0.1) is 0 Å². The highest BCUT2D eigenvalue weighted by Gasteiger charge is 2.16. The van der Waals surface area contributed by atoms with Crippen molar-refractivity contribution in [2.45, 2.75) is 58.3 Å². The number of aliphatic hydroxyl groups is 1. The molecule has 0 rings (SSSR count). The highest BCUT2D eigenvalue weighted by Crippen LogP contribution is 2.07. The molecule has 26 heavy (non-hydrogen) atoms. The zero-order valence-corrected chi connectivity index (χ0v) is 15.9. The van der Waals surface area contributed by atoms with Gasteiger partial charge in [-0.3, -0.25) is 14.4 Å². The Balaban J connectivity index is 4.44. The van der Waals surface area contributed by atoms with Crippen LogP contribution in [0.4, 0.5) is 0 Å². The normalized spacial score (nSPS) is 10.9. The molecule has 0 aromatic rings. The second-order valence-electron chi connectivity index (χ2n) is 6.40. The lowest BCUT2D eigenvalue weighted by Crippen LogP contribution is -2.41. The first kappa shape index (κ1) is 24.3. The van der Waals surface area contributed by atoms with E-state index >= 15 is 0 Å². The molecule has 0 bridgehead atoms. The number of unbranched alkanes of at least 4 members (excludes halogenated alkanes) is 4. The number of aliphatic hydroxyl groups excluding tert-OH is 1. The molecule has 0 unspecified atom stereocenters. The van der Waals surface area contributed by atoms with Gasteiger partial charge in [0, 0.05) is 39.1 Å². The van der Waals surface area contributed by atoms with Crippen molar-refractivity contribution >= 4 is 17.8 Å². The zero-order chi connectivity index (χ0) is 19.8. The average Bonchev–Trinajstić information content (AvgIpc) is 2.59. The Hall–Kier alpha value is -1.67. The highest BCUT2D eigenvalue weighted by molar-refractivity contribution is 5.76. The SMILES string of the molecule is CCCCCCCC(=O)N(CCO)CCN(CCC(=O)O)CCC(=O)O. The van der Waals surface area contributed by atoms with Crippen molar-refractivity contribution in [3.63, 3.8) is 0 Å². The molecular weight excluding hydrogens is 340 g/mol. The maximum atomic E-state index is 12.3. The fraction of sp³-hybridized carbons (Fsp3) is 0.833. The monoisotopic (exact) mass is 374 g/mol. The molecule has 0 aromatic heterocycles. The first-order valence-corrected chi connectivity index (χ1v) is 9.45. The molecule has 0 aliphatic carbocycles. The molecule has 0 spiro atoms. The topological polar surface area (TPSA) is 118 Å². The second-order valence-corrected chi connectivity index (χ2v) is 6.40. The van der Waals surface area contributed by atoms with Crippen LogP contribution in [-0.4, -0.2) is 82.3 Å². The summed E-state index contributed by atoms with van der Waals surface area (Å²) in [7, 11) is 0. The van der Waals surface area contributed by atoms with Gasteiger partial charge in [-0.15, -0.1) is 0 Å². The number of nitrogens with zero attached hydrogens (tertiary/aromatic N) is 2. The minimum atomic E-state index is -0.944. The highest BCUT2D eigenvalue weighted by atomic mass is 16.4. The van der Waals surface area contributed by atoms with E-state index in [1.165, 1.54) is 0 Å². The molecule has 3 N–H and O–H groups in total. The van der Waals surface area contributed by atoms with Crippen LogP contribution < -0.4 is 0 Å². The molecule has 0 saturated heterocycles. The van der Waals surface area contributed by atoms with Gasteiger partial charge in [0.05, 0.1) is 19.4 Å². The Morgan fingerprint density at radius 1 is 0.731 bits per heavy atom. The van der Waals surface area contributed by atoms with Crippen LogP contribution in [0.5, 0.6) is 0 Å². The molecule has 1 amide bonds. The van der Waals surface area contributed by atoms with Crippen molar-refractivity contribution in [3.05, 3.63) is 0 Å². The second kappa shape index (κ2) is 15.6. The lowest BCUT2D eigenvalue weighted by Gasteiger charge is -2.27. The molecule has 8 nitrogen and oxygen atoms in total. The minimum absolute atomic E-state index is 0.0213. The van der Waals surface area contributed by atoms with Crippen molar-refractivity contribution in [3.8, 4) is 0 Å². The lowest BCUT2D eigenvalue weighted by atomic mass is 10.1. The van der Waals surface area contributed by atoms with Crippen LogP contribution >= 0.6 is 0 Å². The Labute approximate surface area is 155 Å². The molecule has 152 valence electrons. The van der Waals surface area contributed by atoms with E-state index in [9.17, 15) is 19.5 Å². The first-order chi connectivity index (χ1) is 12.4. The van der Waals surface area contributed by atoms with Crippen LogP contribution in [-0.2, 0) is 14.4 Å². The van der Waals surface area contributed by atoms with Crippen LogP contribution in [0.3, 0.4) is 0 Å². The van der Waals surface area contributed by atoms with Gasteiger partial charge in [0.25, 0.3) is 0 Å². The number of aliphatic carboxylic acids is 2. The summed E-state index contributed by atoms with van der Waals surface area (Å²) in [4.78, 5) is 37.1. The summed E-state index contributed by atoms with van der Waals surface area (Å²) in [6.45, 7) is 3.46. The molecule has 8 heteroatoms. The van der Waals surface area contributed by atoms with Crippen LogP contribution in [0.25, 0.3) is 0 Å². The number of carbonyl (C=O) groups is 3. The molecular formula is C18H34N2O6. The summed E-state index contributed by atoms with van der Waals surface area (Å²) >= 11 is 0. The Kier molecular flexibility index (Phi) is 14.6. The van der Waals surface area contributed by atoms with Gasteiger partial charge in [-0.1, -0.05) is 32.6 Å². The number of hydrogen-bond donors (Lipinski definition) is 3. The number of amides is 1. The van der Waals surface area contributed by atoms with E-state index in [1.54, 1.807) is 9.80 Å². The summed E-state index contributed by atoms with van der Waals surface area (Å²) in [5.74, 6) is -1.91. The predicted molar refractivity (Wildman–Crippen MR) is 98.0 cm³/mol. The number of rotatable bonds is 17. The van der Waals surface area contributed by atoms with Crippen molar-refractivity contribution in [1.82, 2.24) is 9.80 Å². The van der Waals surface area contributed by atoms with Gasteiger partial charge in [-0.2, -0.15) is 0 Å². The standard InChI is InChI=1S/C18H34N2O6/c1-2-3-4-5-6-7-16(22)20(14-15-21)13-12-19(10-8-17(23)24)11-9-18(25)26/h21H,2-15H2,1H3,(H,23,24)(H,25,26). The molecule has 0 atom stereocenters. The van der Waals surface area contributed by atoms with E-state index in [4.69, 9.17) is 10.2 Å². The Morgan fingerprint density at radius 3 is 1.81 bits per heavy atom. The molecule has 0 heterocycles. The van der Waals surface area contributed by atoms with Crippen molar-refractivity contribution in [2.24, 2.45) is 0 Å². The van der Waals surface area contributed by atoms with Gasteiger partial charge in [0.2, 0.25) is 5.91 Å². The van der Waals surface area contributed by atoms with Gasteiger partial charge in [-0.05, 0) is 6.42 Å². The number of hydrogen-bond acceptors (Lipinski definition) is 5. The molecule has 0 saturated carbocycles. The Morgan fingerprint density at radius 2 is 1.31 bits per heavy atom. The molecule has 0 aromatic carbocycles. The Bertz CT molecular complexity index is 398. The van der Waals surface area contributed by atoms with E-state index in [1.807, 2.05) is 0 Å². The third kappa shape index (κ3) is 13.6. The molecule has 0 radical (unpaired) electrons. The largest absolute Gasteiger partial charge is 0.481 e. The molecule has 0 aliphatic rings. The predicted octanol–water partition coefficient (Wildman–Crippen LogP) is 1.42. The van der Waals surface area contributed by atoms with E-state index < -0.39 is 11.9 Å². The third-order valence-corrected chi connectivity index (χ3v) is 4.19. The summed E-state index contributed by atoms with van der Waals surface area (Å²) in [6.07, 6.45) is 5.54. The summed E-state index contributed by atoms with van der Waals surface area (Å²) in [5, 5.41) is 26.8. The number of carboxylic acid groups (broad SMARTS) is 2. The van der Waals surface area contributed by atoms with Gasteiger partial charge in [0.1, 0.15) is 0 Å². The lowest BCUT2D eigenvalue weighted by molar-refractivity contribution is -0.138. The molecule has 0 aliphatic heterocycles. The number of carbonyl (C=O) groups excluding carboxylic acids is 1. The van der Waals surface area contributed by atoms with Crippen LogP contribution in [0.1, 0.15) is 58.3 Å². The fourth-order valence-corrected chi connectivity index (χ4v) is 2.62. The zero-order valence-electron chi connectivity index (χ0n) is 15.9. The maximum absolute atomic E-state index is 12.3. The maximum Gasteiger partial charge on any atom is 0.304 e. The van der Waals surface area contributed by atoms with Crippen LogP contribution in [0.2, 0.25) is 0 Å². The van der Waals surface area contributed by atoms with Crippen molar-refractivity contribution < 1.29 is 29.7 Å². The van der Waals surface area contributed by atoms with Gasteiger partial charge in [0.15, 0.2) is 0 Å². The van der Waals surface area contributed by atoms with Gasteiger partial charge >= 0.3 is 11.9 Å². The minimum Gasteiger partial charge on any atom is -0.481 e. The van der Waals surface area contributed by atoms with Crippen molar-refractivity contribution in [2.75, 3.05) is 39.3 Å².